The quantitative estimate of drug-likeness (QED) is 0.680. The molecule has 130 valence electrons. The maximum atomic E-state index is 12.6. The number of nitrogens with one attached hydrogen (secondary N) is 2. The van der Waals surface area contributed by atoms with Crippen molar-refractivity contribution in [2.45, 2.75) is 45.1 Å². The van der Waals surface area contributed by atoms with Crippen molar-refractivity contribution in [3.63, 3.8) is 0 Å². The summed E-state index contributed by atoms with van der Waals surface area (Å²) in [4.78, 5) is 12.6. The van der Waals surface area contributed by atoms with Gasteiger partial charge < -0.3 is 15.4 Å². The fourth-order valence-electron chi connectivity index (χ4n) is 3.49. The third kappa shape index (κ3) is 4.78. The molecule has 6 nitrogen and oxygen atoms in total. The van der Waals surface area contributed by atoms with E-state index in [0.717, 1.165) is 31.7 Å². The highest BCUT2D eigenvalue weighted by molar-refractivity contribution is 5.83. The predicted octanol–water partition coefficient (Wildman–Crippen LogP) is 1.78. The van der Waals surface area contributed by atoms with E-state index in [4.69, 9.17) is 4.74 Å². The van der Waals surface area contributed by atoms with Crippen molar-refractivity contribution in [2.24, 2.45) is 12.5 Å². The van der Waals surface area contributed by atoms with Crippen LogP contribution in [0.3, 0.4) is 0 Å². The zero-order valence-corrected chi connectivity index (χ0v) is 14.6. The van der Waals surface area contributed by atoms with Crippen molar-refractivity contribution >= 4 is 5.91 Å². The van der Waals surface area contributed by atoms with Crippen molar-refractivity contribution in [3.8, 4) is 0 Å². The topological polar surface area (TPSA) is 68.2 Å². The average molecular weight is 322 g/mol. The Morgan fingerprint density at radius 1 is 1.48 bits per heavy atom. The number of likely N-dealkylation sites (N-methyl/N-ethyl adjacent to an activating group) is 1. The van der Waals surface area contributed by atoms with Gasteiger partial charge in [-0.2, -0.15) is 5.10 Å². The largest absolute Gasteiger partial charge is 0.382 e. The molecule has 0 aromatic carbocycles. The highest BCUT2D eigenvalue weighted by Crippen LogP contribution is 2.40. The summed E-state index contributed by atoms with van der Waals surface area (Å²) in [6.45, 7) is 4.29. The van der Waals surface area contributed by atoms with Crippen LogP contribution in [0.4, 0.5) is 0 Å². The molecule has 1 heterocycles. The number of carbonyl (C=O) groups excluding carboxylic acids is 1. The van der Waals surface area contributed by atoms with Crippen molar-refractivity contribution in [1.29, 1.82) is 0 Å². The van der Waals surface area contributed by atoms with Gasteiger partial charge in [0.15, 0.2) is 0 Å². The normalized spacial score (nSPS) is 18.0. The van der Waals surface area contributed by atoms with E-state index in [-0.39, 0.29) is 17.4 Å². The smallest absolute Gasteiger partial charge is 0.241 e. The predicted molar refractivity (Wildman–Crippen MR) is 90.0 cm³/mol. The van der Waals surface area contributed by atoms with Crippen LogP contribution in [0, 0.1) is 5.41 Å². The summed E-state index contributed by atoms with van der Waals surface area (Å²) < 4.78 is 7.25. The van der Waals surface area contributed by atoms with E-state index in [2.05, 4.69) is 15.7 Å². The van der Waals surface area contributed by atoms with Gasteiger partial charge in [-0.05, 0) is 38.6 Å². The monoisotopic (exact) mass is 322 g/mol. The zero-order chi connectivity index (χ0) is 16.7. The van der Waals surface area contributed by atoms with E-state index in [1.807, 2.05) is 20.2 Å². The number of aryl methyl sites for hydroxylation is 1. The molecule has 2 rings (SSSR count). The van der Waals surface area contributed by atoms with E-state index in [1.54, 1.807) is 17.9 Å². The summed E-state index contributed by atoms with van der Waals surface area (Å²) in [7, 11) is 3.66. The van der Waals surface area contributed by atoms with Gasteiger partial charge >= 0.3 is 0 Å². The minimum atomic E-state index is -0.353. The Balaban J connectivity index is 1.92. The van der Waals surface area contributed by atoms with E-state index < -0.39 is 0 Å². The number of aromatic nitrogens is 2. The third-order valence-electron chi connectivity index (χ3n) is 4.89. The van der Waals surface area contributed by atoms with Crippen LogP contribution < -0.4 is 10.6 Å². The number of carbonyl (C=O) groups is 1. The molecule has 0 spiro atoms. The van der Waals surface area contributed by atoms with Crippen molar-refractivity contribution < 1.29 is 9.53 Å². The number of ether oxygens (including phenoxy) is 1. The maximum Gasteiger partial charge on any atom is 0.241 e. The van der Waals surface area contributed by atoms with Crippen molar-refractivity contribution in [2.75, 3.05) is 26.8 Å². The second-order valence-electron chi connectivity index (χ2n) is 6.54. The fraction of sp³-hybridized carbons (Fsp3) is 0.765. The molecular formula is C17H30N4O2. The van der Waals surface area contributed by atoms with Crippen LogP contribution in [-0.4, -0.2) is 42.5 Å². The van der Waals surface area contributed by atoms with Crippen LogP contribution in [0.2, 0.25) is 0 Å². The molecular weight excluding hydrogens is 292 g/mol. The lowest BCUT2D eigenvalue weighted by atomic mass is 9.83. The van der Waals surface area contributed by atoms with Crippen LogP contribution in [-0.2, 0) is 16.6 Å². The molecule has 1 aliphatic carbocycles. The van der Waals surface area contributed by atoms with Gasteiger partial charge in [-0.25, -0.2) is 0 Å². The molecule has 2 N–H and O–H groups in total. The Morgan fingerprint density at radius 3 is 2.78 bits per heavy atom. The van der Waals surface area contributed by atoms with Gasteiger partial charge in [0.25, 0.3) is 0 Å². The van der Waals surface area contributed by atoms with Crippen LogP contribution in [0.25, 0.3) is 0 Å². The Hall–Kier alpha value is -1.40. The van der Waals surface area contributed by atoms with Gasteiger partial charge in [-0.1, -0.05) is 12.8 Å². The molecule has 0 aliphatic heterocycles. The van der Waals surface area contributed by atoms with Crippen molar-refractivity contribution in [3.05, 3.63) is 18.0 Å². The average Bonchev–Trinajstić information content (AvgIpc) is 3.17. The first-order valence-electron chi connectivity index (χ1n) is 8.61. The van der Waals surface area contributed by atoms with E-state index in [9.17, 15) is 4.79 Å². The summed E-state index contributed by atoms with van der Waals surface area (Å²) in [5.74, 6) is 0.0168. The number of hydrogen-bond acceptors (Lipinski definition) is 4. The summed E-state index contributed by atoms with van der Waals surface area (Å²) in [6.07, 6.45) is 9.50. The first-order chi connectivity index (χ1) is 11.1. The number of rotatable bonds is 9. The summed E-state index contributed by atoms with van der Waals surface area (Å²) in [5.41, 5.74) is 1.10. The highest BCUT2D eigenvalue weighted by atomic mass is 16.5. The van der Waals surface area contributed by atoms with Gasteiger partial charge in [-0.3, -0.25) is 9.48 Å². The summed E-state index contributed by atoms with van der Waals surface area (Å²) in [6, 6.07) is -0.353. The zero-order valence-electron chi connectivity index (χ0n) is 14.6. The lowest BCUT2D eigenvalue weighted by molar-refractivity contribution is -0.123. The molecule has 1 atom stereocenters. The van der Waals surface area contributed by atoms with Crippen LogP contribution in [0.5, 0.6) is 0 Å². The molecule has 1 aromatic rings. The van der Waals surface area contributed by atoms with Crippen LogP contribution in [0.15, 0.2) is 12.4 Å². The van der Waals surface area contributed by atoms with Crippen LogP contribution in [0.1, 0.15) is 50.6 Å². The lowest BCUT2D eigenvalue weighted by Crippen LogP contribution is -2.42. The number of amides is 1. The molecule has 1 fully saturated rings. The third-order valence-corrected chi connectivity index (χ3v) is 4.89. The first kappa shape index (κ1) is 17.9. The molecule has 1 saturated carbocycles. The van der Waals surface area contributed by atoms with Gasteiger partial charge in [0, 0.05) is 38.6 Å². The molecule has 1 unspecified atom stereocenters. The molecule has 1 aromatic heterocycles. The number of hydrogen-bond donors (Lipinski definition) is 2. The van der Waals surface area contributed by atoms with Gasteiger partial charge in [0.05, 0.1) is 6.20 Å². The Labute approximate surface area is 139 Å². The number of nitrogens with zero attached hydrogens (tertiary/aromatic N) is 2. The fourth-order valence-corrected chi connectivity index (χ4v) is 3.49. The lowest BCUT2D eigenvalue weighted by Gasteiger charge is -2.30. The van der Waals surface area contributed by atoms with Gasteiger partial charge in [0.2, 0.25) is 5.91 Å². The minimum absolute atomic E-state index is 0.0168. The second kappa shape index (κ2) is 8.45. The molecule has 1 amide bonds. The van der Waals surface area contributed by atoms with E-state index in [1.165, 1.54) is 25.7 Å². The van der Waals surface area contributed by atoms with Gasteiger partial charge in [-0.15, -0.1) is 0 Å². The maximum absolute atomic E-state index is 12.6. The molecule has 0 bridgehead atoms. The first-order valence-corrected chi connectivity index (χ1v) is 8.61. The molecule has 1 aliphatic rings. The SMILES string of the molecule is CCOCCC1(CNC(=O)C(NC)c2cnn(C)c2)CCCC1. The van der Waals surface area contributed by atoms with E-state index >= 15 is 0 Å². The van der Waals surface area contributed by atoms with Gasteiger partial charge in [0.1, 0.15) is 6.04 Å². The second-order valence-corrected chi connectivity index (χ2v) is 6.54. The Bertz CT molecular complexity index is 495. The molecule has 0 saturated heterocycles. The standard InChI is InChI=1S/C17H30N4O2/c1-4-23-10-9-17(7-5-6-8-17)13-19-16(22)15(18-2)14-11-20-21(3)12-14/h11-12,15,18H,4-10,13H2,1-3H3,(H,19,22). The minimum Gasteiger partial charge on any atom is -0.382 e. The molecule has 23 heavy (non-hydrogen) atoms. The Morgan fingerprint density at radius 2 is 2.22 bits per heavy atom. The molecule has 0 radical (unpaired) electrons. The molecule has 6 heteroatoms. The summed E-state index contributed by atoms with van der Waals surface area (Å²) >= 11 is 0. The highest BCUT2D eigenvalue weighted by Gasteiger charge is 2.34. The van der Waals surface area contributed by atoms with Crippen molar-refractivity contribution in [1.82, 2.24) is 20.4 Å². The Kier molecular flexibility index (Phi) is 6.59. The van der Waals surface area contributed by atoms with E-state index in [0.29, 0.717) is 0 Å². The summed E-state index contributed by atoms with van der Waals surface area (Å²) in [5, 5.41) is 10.4. The van der Waals surface area contributed by atoms with Crippen LogP contribution >= 0.6 is 0 Å².